The fraction of sp³-hybridized carbons (Fsp3) is 0.529. The molecule has 2 fully saturated rings. The van der Waals surface area contributed by atoms with Gasteiger partial charge >= 0.3 is 6.09 Å². The Morgan fingerprint density at radius 2 is 1.69 bits per heavy atom. The molecule has 3 aromatic rings. The minimum Gasteiger partial charge on any atom is -0.447 e. The van der Waals surface area contributed by atoms with Gasteiger partial charge in [-0.2, -0.15) is 4.98 Å². The second-order valence-corrected chi connectivity index (χ2v) is 18.7. The lowest BCUT2D eigenvalue weighted by atomic mass is 10.1. The summed E-state index contributed by atoms with van der Waals surface area (Å²) in [6.45, 7) is 18.5. The summed E-state index contributed by atoms with van der Waals surface area (Å²) in [7, 11) is 1.74. The lowest BCUT2D eigenvalue weighted by Crippen LogP contribution is -2.44. The predicted molar refractivity (Wildman–Crippen MR) is 184 cm³/mol. The van der Waals surface area contributed by atoms with Gasteiger partial charge in [-0.1, -0.05) is 47.5 Å². The number of methoxy groups -OCH3 is 1. The van der Waals surface area contributed by atoms with Gasteiger partial charge in [0.15, 0.2) is 5.65 Å². The molecule has 45 heavy (non-hydrogen) atoms. The highest BCUT2D eigenvalue weighted by Crippen LogP contribution is 2.41. The van der Waals surface area contributed by atoms with E-state index in [0.717, 1.165) is 42.8 Å². The lowest BCUT2D eigenvalue weighted by Gasteiger charge is -2.38. The minimum atomic E-state index is -2.03. The zero-order valence-corrected chi connectivity index (χ0v) is 28.9. The monoisotopic (exact) mass is 629 g/mol. The van der Waals surface area contributed by atoms with Crippen LogP contribution in [0, 0.1) is 11.5 Å². The first-order valence-electron chi connectivity index (χ1n) is 16.0. The maximum Gasteiger partial charge on any atom is 0.416 e. The van der Waals surface area contributed by atoms with Crippen LogP contribution in [-0.4, -0.2) is 93.6 Å². The normalized spacial score (nSPS) is 17.8. The van der Waals surface area contributed by atoms with Gasteiger partial charge in [-0.05, 0) is 54.0 Å². The second-order valence-electron chi connectivity index (χ2n) is 13.1. The molecule has 2 saturated heterocycles. The summed E-state index contributed by atoms with van der Waals surface area (Å²) in [4.78, 5) is 33.5. The van der Waals surface area contributed by atoms with Crippen molar-refractivity contribution in [2.75, 3.05) is 68.7 Å². The first kappa shape index (κ1) is 32.7. The first-order chi connectivity index (χ1) is 21.5. The SMILES string of the molecule is COCC1COC(=O)N1c1cc(C#C[Si](C(C)C)(C(C)C)C(C)C)c2cnc(Nc3ccc(N4CCN(C)CC4)cc3)nc2n1. The number of nitrogens with zero attached hydrogens (tertiary/aromatic N) is 6. The number of rotatable bonds is 9. The molecule has 1 amide bonds. The van der Waals surface area contributed by atoms with Gasteiger partial charge in [-0.25, -0.2) is 14.8 Å². The Hall–Kier alpha value is -3.72. The summed E-state index contributed by atoms with van der Waals surface area (Å²) in [5.41, 5.74) is 8.56. The van der Waals surface area contributed by atoms with Gasteiger partial charge in [0.25, 0.3) is 0 Å². The number of amides is 1. The molecule has 11 heteroatoms. The van der Waals surface area contributed by atoms with Gasteiger partial charge in [0.05, 0.1) is 18.0 Å². The van der Waals surface area contributed by atoms with Crippen molar-refractivity contribution in [3.05, 3.63) is 42.1 Å². The number of benzene rings is 1. The van der Waals surface area contributed by atoms with Crippen LogP contribution in [0.5, 0.6) is 0 Å². The number of carbonyl (C=O) groups excluding carboxylic acids is 1. The number of cyclic esters (lactones) is 1. The van der Waals surface area contributed by atoms with Gasteiger partial charge in [0.1, 0.15) is 20.5 Å². The molecule has 0 bridgehead atoms. The van der Waals surface area contributed by atoms with Gasteiger partial charge in [0.2, 0.25) is 5.95 Å². The number of aromatic nitrogens is 3. The molecule has 0 aliphatic carbocycles. The molecule has 10 nitrogen and oxygen atoms in total. The van der Waals surface area contributed by atoms with E-state index in [0.29, 0.717) is 40.6 Å². The number of ether oxygens (including phenoxy) is 2. The summed E-state index contributed by atoms with van der Waals surface area (Å²) in [5.74, 6) is 4.43. The van der Waals surface area contributed by atoms with Crippen molar-refractivity contribution in [2.24, 2.45) is 0 Å². The number of hydrogen-bond donors (Lipinski definition) is 1. The smallest absolute Gasteiger partial charge is 0.416 e. The Bertz CT molecular complexity index is 1540. The van der Waals surface area contributed by atoms with Crippen LogP contribution in [-0.2, 0) is 9.47 Å². The Labute approximate surface area is 268 Å². The highest BCUT2D eigenvalue weighted by molar-refractivity contribution is 6.90. The van der Waals surface area contributed by atoms with E-state index >= 15 is 0 Å². The number of nitrogens with one attached hydrogen (secondary N) is 1. The molecule has 1 aromatic carbocycles. The molecule has 4 heterocycles. The number of piperazine rings is 1. The van der Waals surface area contributed by atoms with E-state index in [9.17, 15) is 4.79 Å². The van der Waals surface area contributed by atoms with E-state index < -0.39 is 14.2 Å². The largest absolute Gasteiger partial charge is 0.447 e. The molecule has 0 spiro atoms. The van der Waals surface area contributed by atoms with Crippen molar-refractivity contribution in [2.45, 2.75) is 64.2 Å². The molecular formula is C34H47N7O3Si. The van der Waals surface area contributed by atoms with Crippen LogP contribution in [0.1, 0.15) is 47.1 Å². The van der Waals surface area contributed by atoms with Crippen molar-refractivity contribution >= 4 is 48.3 Å². The number of pyridine rings is 1. The maximum absolute atomic E-state index is 12.9. The van der Waals surface area contributed by atoms with E-state index in [-0.39, 0.29) is 12.6 Å². The van der Waals surface area contributed by atoms with Crippen LogP contribution < -0.4 is 15.1 Å². The zero-order valence-electron chi connectivity index (χ0n) is 27.9. The zero-order chi connectivity index (χ0) is 32.3. The Kier molecular flexibility index (Phi) is 9.96. The lowest BCUT2D eigenvalue weighted by molar-refractivity contribution is 0.156. The van der Waals surface area contributed by atoms with Crippen molar-refractivity contribution in [3.63, 3.8) is 0 Å². The quantitative estimate of drug-likeness (QED) is 0.224. The number of hydrogen-bond acceptors (Lipinski definition) is 9. The van der Waals surface area contributed by atoms with Gasteiger partial charge in [-0.3, -0.25) is 4.90 Å². The summed E-state index contributed by atoms with van der Waals surface area (Å²) in [5, 5.41) is 4.08. The van der Waals surface area contributed by atoms with Crippen LogP contribution in [0.15, 0.2) is 36.5 Å². The van der Waals surface area contributed by atoms with E-state index in [1.165, 1.54) is 5.69 Å². The fourth-order valence-corrected chi connectivity index (χ4v) is 12.1. The number of carbonyl (C=O) groups is 1. The molecule has 240 valence electrons. The molecule has 1 N–H and O–H groups in total. The van der Waals surface area contributed by atoms with Crippen LogP contribution in [0.3, 0.4) is 0 Å². The van der Waals surface area contributed by atoms with Crippen molar-refractivity contribution in [1.29, 1.82) is 0 Å². The molecule has 5 rings (SSSR count). The molecule has 2 aliphatic heterocycles. The van der Waals surface area contributed by atoms with E-state index in [4.69, 9.17) is 19.4 Å². The van der Waals surface area contributed by atoms with Gasteiger partial charge in [-0.15, -0.1) is 5.54 Å². The second kappa shape index (κ2) is 13.7. The highest BCUT2D eigenvalue weighted by Gasteiger charge is 2.42. The summed E-state index contributed by atoms with van der Waals surface area (Å²) >= 11 is 0. The van der Waals surface area contributed by atoms with Crippen LogP contribution >= 0.6 is 0 Å². The van der Waals surface area contributed by atoms with Crippen molar-refractivity contribution < 1.29 is 14.3 Å². The third-order valence-corrected chi connectivity index (χ3v) is 15.7. The summed E-state index contributed by atoms with van der Waals surface area (Å²) in [6, 6.07) is 9.93. The number of anilines is 4. The average molecular weight is 630 g/mol. The molecular weight excluding hydrogens is 583 g/mol. The Morgan fingerprint density at radius 1 is 1.02 bits per heavy atom. The third-order valence-electron chi connectivity index (χ3n) is 9.39. The maximum atomic E-state index is 12.9. The van der Waals surface area contributed by atoms with Crippen molar-refractivity contribution in [1.82, 2.24) is 19.9 Å². The summed E-state index contributed by atoms with van der Waals surface area (Å²) < 4.78 is 10.8. The highest BCUT2D eigenvalue weighted by atomic mass is 28.3. The minimum absolute atomic E-state index is 0.234. The Balaban J connectivity index is 1.53. The molecule has 2 aliphatic rings. The number of fused-ring (bicyclic) bond motifs is 1. The van der Waals surface area contributed by atoms with Gasteiger partial charge < -0.3 is 24.6 Å². The molecule has 1 atom stereocenters. The number of likely N-dealkylation sites (N-methyl/N-ethyl adjacent to an activating group) is 1. The standard InChI is InChI=1S/C34H47N7O3Si/c1-23(2)45(24(3)4,25(5)6)18-13-26-19-31(41-29(21-43-8)22-44-34(41)42)37-32-30(26)20-35-33(38-32)36-27-9-11-28(12-10-27)40-16-14-39(7)15-17-40/h9-12,19-20,23-25,29H,14-17,21-22H2,1-8H3,(H,35,36,37,38). The van der Waals surface area contributed by atoms with Crippen LogP contribution in [0.4, 0.5) is 27.9 Å². The third kappa shape index (κ3) is 6.78. The van der Waals surface area contributed by atoms with E-state index in [2.05, 4.69) is 92.3 Å². The van der Waals surface area contributed by atoms with Crippen molar-refractivity contribution in [3.8, 4) is 11.5 Å². The summed E-state index contributed by atoms with van der Waals surface area (Å²) in [6.07, 6.45) is 1.33. The van der Waals surface area contributed by atoms with E-state index in [1.54, 1.807) is 18.2 Å². The van der Waals surface area contributed by atoms with Crippen LogP contribution in [0.2, 0.25) is 16.6 Å². The first-order valence-corrected chi connectivity index (χ1v) is 18.2. The van der Waals surface area contributed by atoms with E-state index in [1.807, 2.05) is 18.2 Å². The molecule has 1 unspecified atom stereocenters. The Morgan fingerprint density at radius 3 is 2.31 bits per heavy atom. The molecule has 2 aromatic heterocycles. The molecule has 0 radical (unpaired) electrons. The topological polar surface area (TPSA) is 96.0 Å². The fourth-order valence-electron chi connectivity index (χ4n) is 6.90. The van der Waals surface area contributed by atoms with Crippen LogP contribution in [0.25, 0.3) is 11.0 Å². The molecule has 0 saturated carbocycles. The predicted octanol–water partition coefficient (Wildman–Crippen LogP) is 6.06. The van der Waals surface area contributed by atoms with Gasteiger partial charge in [0, 0.05) is 56.4 Å². The average Bonchev–Trinajstić information content (AvgIpc) is 3.37.